The molecule has 1 aliphatic rings. The first-order valence-corrected chi connectivity index (χ1v) is 10.3. The van der Waals surface area contributed by atoms with Crippen LogP contribution in [0.25, 0.3) is 0 Å². The van der Waals surface area contributed by atoms with Gasteiger partial charge in [-0.2, -0.15) is 0 Å². The van der Waals surface area contributed by atoms with E-state index in [1.54, 1.807) is 0 Å². The van der Waals surface area contributed by atoms with Gasteiger partial charge in [0.05, 0.1) is 5.75 Å². The molecular formula is C19H26N4O3S. The van der Waals surface area contributed by atoms with E-state index < -0.39 is 0 Å². The standard InChI is InChI=1S/C19H26N4O3S/c1-3-8-22-9-11-23(12-10-22)18(24)14-27-19-21-20-17(26-19)13-25-16-7-5-4-6-15(16)2/h4-7H,3,8-14H2,1-2H3. The Hall–Kier alpha value is -2.06. The SMILES string of the molecule is CCCN1CCN(C(=O)CSc2nnc(COc3ccccc3C)o2)CC1. The lowest BCUT2D eigenvalue weighted by molar-refractivity contribution is -0.130. The lowest BCUT2D eigenvalue weighted by Gasteiger charge is -2.34. The minimum Gasteiger partial charge on any atom is -0.484 e. The van der Waals surface area contributed by atoms with Crippen molar-refractivity contribution < 1.29 is 13.9 Å². The minimum absolute atomic E-state index is 0.118. The van der Waals surface area contributed by atoms with Gasteiger partial charge in [0.25, 0.3) is 11.1 Å². The average Bonchev–Trinajstić information content (AvgIpc) is 3.14. The maximum atomic E-state index is 12.4. The highest BCUT2D eigenvalue weighted by atomic mass is 32.2. The van der Waals surface area contributed by atoms with Gasteiger partial charge in [0.15, 0.2) is 6.61 Å². The lowest BCUT2D eigenvalue weighted by Crippen LogP contribution is -2.49. The molecule has 1 saturated heterocycles. The molecule has 2 aromatic rings. The number of carbonyl (C=O) groups is 1. The number of aryl methyl sites for hydroxylation is 1. The van der Waals surface area contributed by atoms with Crippen molar-refractivity contribution in [2.24, 2.45) is 0 Å². The van der Waals surface area contributed by atoms with Crippen LogP contribution in [0.2, 0.25) is 0 Å². The van der Waals surface area contributed by atoms with Crippen LogP contribution >= 0.6 is 11.8 Å². The summed E-state index contributed by atoms with van der Waals surface area (Å²) in [5, 5.41) is 8.38. The third-order valence-corrected chi connectivity index (χ3v) is 5.28. The van der Waals surface area contributed by atoms with E-state index in [1.165, 1.54) is 11.8 Å². The van der Waals surface area contributed by atoms with E-state index in [0.29, 0.717) is 16.9 Å². The number of carbonyl (C=O) groups excluding carboxylic acids is 1. The quantitative estimate of drug-likeness (QED) is 0.642. The van der Waals surface area contributed by atoms with Gasteiger partial charge in [-0.3, -0.25) is 9.69 Å². The van der Waals surface area contributed by atoms with Crippen molar-refractivity contribution >= 4 is 17.7 Å². The molecule has 3 rings (SSSR count). The van der Waals surface area contributed by atoms with Gasteiger partial charge in [0.1, 0.15) is 5.75 Å². The number of amides is 1. The minimum atomic E-state index is 0.118. The molecule has 0 saturated carbocycles. The monoisotopic (exact) mass is 390 g/mol. The van der Waals surface area contributed by atoms with Gasteiger partial charge < -0.3 is 14.1 Å². The predicted octanol–water partition coefficient (Wildman–Crippen LogP) is 2.60. The summed E-state index contributed by atoms with van der Waals surface area (Å²) >= 11 is 1.28. The van der Waals surface area contributed by atoms with Crippen LogP contribution in [-0.2, 0) is 11.4 Å². The van der Waals surface area contributed by atoms with Crippen molar-refractivity contribution in [3.05, 3.63) is 35.7 Å². The van der Waals surface area contributed by atoms with E-state index in [0.717, 1.165) is 50.5 Å². The van der Waals surface area contributed by atoms with E-state index in [9.17, 15) is 4.79 Å². The summed E-state index contributed by atoms with van der Waals surface area (Å²) in [6.45, 7) is 8.96. The molecule has 8 heteroatoms. The Labute approximate surface area is 164 Å². The first-order valence-electron chi connectivity index (χ1n) is 9.29. The van der Waals surface area contributed by atoms with Crippen LogP contribution in [0, 0.1) is 6.92 Å². The third-order valence-electron chi connectivity index (χ3n) is 4.48. The van der Waals surface area contributed by atoms with Gasteiger partial charge in [-0.25, -0.2) is 0 Å². The van der Waals surface area contributed by atoms with Crippen LogP contribution in [-0.4, -0.2) is 64.4 Å². The number of benzene rings is 1. The van der Waals surface area contributed by atoms with Gasteiger partial charge in [0, 0.05) is 26.2 Å². The first kappa shape index (κ1) is 19.7. The second-order valence-electron chi connectivity index (χ2n) is 6.53. The van der Waals surface area contributed by atoms with Crippen molar-refractivity contribution in [1.29, 1.82) is 0 Å². The van der Waals surface area contributed by atoms with Gasteiger partial charge in [-0.05, 0) is 31.5 Å². The van der Waals surface area contributed by atoms with E-state index in [2.05, 4.69) is 22.0 Å². The summed E-state index contributed by atoms with van der Waals surface area (Å²) in [7, 11) is 0. The maximum absolute atomic E-state index is 12.4. The van der Waals surface area contributed by atoms with Crippen LogP contribution in [0.1, 0.15) is 24.8 Å². The van der Waals surface area contributed by atoms with Crippen molar-refractivity contribution in [2.75, 3.05) is 38.5 Å². The van der Waals surface area contributed by atoms with Crippen molar-refractivity contribution in [3.8, 4) is 5.75 Å². The molecule has 0 spiro atoms. The van der Waals surface area contributed by atoms with E-state index >= 15 is 0 Å². The molecule has 1 fully saturated rings. The summed E-state index contributed by atoms with van der Waals surface area (Å²) in [5.74, 6) is 1.63. The first-order chi connectivity index (χ1) is 13.2. The second kappa shape index (κ2) is 9.75. The summed E-state index contributed by atoms with van der Waals surface area (Å²) in [6.07, 6.45) is 1.15. The Morgan fingerprint density at radius 2 is 2.00 bits per heavy atom. The largest absolute Gasteiger partial charge is 0.484 e. The van der Waals surface area contributed by atoms with E-state index in [1.807, 2.05) is 36.1 Å². The fourth-order valence-electron chi connectivity index (χ4n) is 2.96. The number of piperazine rings is 1. The van der Waals surface area contributed by atoms with Crippen LogP contribution in [0.15, 0.2) is 33.9 Å². The zero-order chi connectivity index (χ0) is 19.1. The number of hydrogen-bond acceptors (Lipinski definition) is 7. The lowest BCUT2D eigenvalue weighted by atomic mass is 10.2. The van der Waals surface area contributed by atoms with Crippen LogP contribution < -0.4 is 4.74 Å². The number of rotatable bonds is 8. The number of nitrogens with zero attached hydrogens (tertiary/aromatic N) is 4. The average molecular weight is 391 g/mol. The maximum Gasteiger partial charge on any atom is 0.277 e. The topological polar surface area (TPSA) is 71.7 Å². The molecule has 0 bridgehead atoms. The number of thioether (sulfide) groups is 1. The van der Waals surface area contributed by atoms with Crippen LogP contribution in [0.3, 0.4) is 0 Å². The summed E-state index contributed by atoms with van der Waals surface area (Å²) < 4.78 is 11.3. The molecule has 7 nitrogen and oxygen atoms in total. The Bertz CT molecular complexity index is 744. The molecule has 27 heavy (non-hydrogen) atoms. The zero-order valence-electron chi connectivity index (χ0n) is 15.9. The van der Waals surface area contributed by atoms with Crippen molar-refractivity contribution in [3.63, 3.8) is 0 Å². The molecule has 2 heterocycles. The Balaban J connectivity index is 1.42. The molecule has 0 radical (unpaired) electrons. The molecule has 0 N–H and O–H groups in total. The molecule has 0 atom stereocenters. The summed E-state index contributed by atoms with van der Waals surface area (Å²) in [5.41, 5.74) is 1.05. The third kappa shape index (κ3) is 5.71. The highest BCUT2D eigenvalue weighted by Gasteiger charge is 2.21. The predicted molar refractivity (Wildman–Crippen MR) is 104 cm³/mol. The molecule has 146 valence electrons. The molecule has 1 amide bonds. The van der Waals surface area contributed by atoms with E-state index in [-0.39, 0.29) is 12.5 Å². The molecule has 1 aromatic carbocycles. The number of ether oxygens (including phenoxy) is 1. The molecule has 0 aliphatic carbocycles. The van der Waals surface area contributed by atoms with Gasteiger partial charge in [-0.15, -0.1) is 10.2 Å². The Morgan fingerprint density at radius 3 is 2.74 bits per heavy atom. The Kier molecular flexibility index (Phi) is 7.11. The van der Waals surface area contributed by atoms with Crippen molar-refractivity contribution in [2.45, 2.75) is 32.1 Å². The smallest absolute Gasteiger partial charge is 0.277 e. The molecule has 1 aromatic heterocycles. The fourth-order valence-corrected chi connectivity index (χ4v) is 3.65. The Morgan fingerprint density at radius 1 is 1.22 bits per heavy atom. The highest BCUT2D eigenvalue weighted by molar-refractivity contribution is 7.99. The normalized spacial score (nSPS) is 15.1. The summed E-state index contributed by atoms with van der Waals surface area (Å²) in [6, 6.07) is 7.77. The molecule has 1 aliphatic heterocycles. The van der Waals surface area contributed by atoms with Gasteiger partial charge in [-0.1, -0.05) is 36.9 Å². The molecule has 0 unspecified atom stereocenters. The number of hydrogen-bond donors (Lipinski definition) is 0. The highest BCUT2D eigenvalue weighted by Crippen LogP contribution is 2.20. The summed E-state index contributed by atoms with van der Waals surface area (Å²) in [4.78, 5) is 16.7. The number of para-hydroxylation sites is 1. The molecular weight excluding hydrogens is 364 g/mol. The zero-order valence-corrected chi connectivity index (χ0v) is 16.7. The van der Waals surface area contributed by atoms with Gasteiger partial charge >= 0.3 is 0 Å². The van der Waals surface area contributed by atoms with Crippen LogP contribution in [0.4, 0.5) is 0 Å². The van der Waals surface area contributed by atoms with Gasteiger partial charge in [0.2, 0.25) is 5.91 Å². The van der Waals surface area contributed by atoms with Crippen molar-refractivity contribution in [1.82, 2.24) is 20.0 Å². The fraction of sp³-hybridized carbons (Fsp3) is 0.526. The van der Waals surface area contributed by atoms with Crippen LogP contribution in [0.5, 0.6) is 5.75 Å². The second-order valence-corrected chi connectivity index (χ2v) is 7.45. The van der Waals surface area contributed by atoms with E-state index in [4.69, 9.17) is 9.15 Å². The number of aromatic nitrogens is 2.